The molecule has 1 fully saturated rings. The van der Waals surface area contributed by atoms with E-state index in [1.807, 2.05) is 12.1 Å². The number of carbonyl (C=O) groups excluding carboxylic acids is 2. The fourth-order valence-corrected chi connectivity index (χ4v) is 8.90. The van der Waals surface area contributed by atoms with Gasteiger partial charge in [0, 0.05) is 23.7 Å². The van der Waals surface area contributed by atoms with Crippen molar-refractivity contribution >= 4 is 32.6 Å². The van der Waals surface area contributed by atoms with Crippen molar-refractivity contribution in [2.75, 3.05) is 12.9 Å². The first kappa shape index (κ1) is 35.4. The van der Waals surface area contributed by atoms with Crippen molar-refractivity contribution in [3.8, 4) is 11.8 Å². The third-order valence-electron chi connectivity index (χ3n) is 8.65. The van der Waals surface area contributed by atoms with Gasteiger partial charge in [0.25, 0.3) is 0 Å². The Morgan fingerprint density at radius 3 is 2.49 bits per heavy atom. The number of benzene rings is 1. The molecule has 1 saturated carbocycles. The van der Waals surface area contributed by atoms with Gasteiger partial charge in [-0.3, -0.25) is 9.59 Å². The predicted molar refractivity (Wildman–Crippen MR) is 180 cm³/mol. The van der Waals surface area contributed by atoms with Gasteiger partial charge in [0.15, 0.2) is 14.8 Å². The monoisotopic (exact) mass is 624 g/mol. The van der Waals surface area contributed by atoms with E-state index in [1.54, 1.807) is 11.8 Å². The maximum Gasteiger partial charge on any atom is 0.305 e. The van der Waals surface area contributed by atoms with Crippen molar-refractivity contribution in [1.29, 1.82) is 0 Å². The van der Waals surface area contributed by atoms with E-state index < -0.39 is 26.7 Å². The number of hydrogen-bond acceptors (Lipinski definition) is 6. The third kappa shape index (κ3) is 9.94. The zero-order valence-electron chi connectivity index (χ0n) is 27.1. The van der Waals surface area contributed by atoms with E-state index in [-0.39, 0.29) is 29.5 Å². The number of esters is 1. The van der Waals surface area contributed by atoms with Crippen LogP contribution in [0.1, 0.15) is 77.7 Å². The molecule has 5 nitrogen and oxygen atoms in total. The van der Waals surface area contributed by atoms with Crippen LogP contribution in [0.15, 0.2) is 53.5 Å². The van der Waals surface area contributed by atoms with Crippen LogP contribution in [0.5, 0.6) is 0 Å². The normalized spacial score (nSPS) is 21.5. The van der Waals surface area contributed by atoms with Gasteiger partial charge in [-0.15, -0.1) is 17.7 Å². The molecule has 0 amide bonds. The molecular formula is C36H52O5SSi. The number of aliphatic hydroxyl groups excluding tert-OH is 1. The highest BCUT2D eigenvalue weighted by molar-refractivity contribution is 8.04. The Kier molecular flexibility index (Phi) is 13.8. The van der Waals surface area contributed by atoms with Crippen molar-refractivity contribution in [1.82, 2.24) is 0 Å². The zero-order valence-corrected chi connectivity index (χ0v) is 29.0. The van der Waals surface area contributed by atoms with E-state index in [0.717, 1.165) is 36.3 Å². The number of thioether (sulfide) groups is 1. The molecule has 0 radical (unpaired) electrons. The molecular weight excluding hydrogens is 573 g/mol. The molecule has 3 rings (SSSR count). The lowest BCUT2D eigenvalue weighted by atomic mass is 9.67. The van der Waals surface area contributed by atoms with Gasteiger partial charge in [0.2, 0.25) is 0 Å². The minimum Gasteiger partial charge on any atom is -0.469 e. The quantitative estimate of drug-likeness (QED) is 0.0771. The second-order valence-electron chi connectivity index (χ2n) is 13.2. The standard InChI is InChI=1S/C36H52O5SSi/c1-35(2,3)36(41-43(5)6,29-19-13-14-20-29)24-23-28-26-31(42-25-15-18-27-16-9-7-10-17-27)34(39)33(28)30(37)21-11-8-12-22-32(38)40-4/h7,9-10,16-17,23-24,26,28-30,33,37,43H,8,12-15,18-20,22,25H2,1-6H3. The number of ether oxygens (including phenoxy) is 1. The van der Waals surface area contributed by atoms with Gasteiger partial charge >= 0.3 is 5.97 Å². The SMILES string of the molecule is COC(=O)CCCC#CC(O)C1C(=O)C(SCCCc2ccccc2)=CC1C=CC(O[SiH](C)C)(C1CCCC1)C(C)(C)C. The molecule has 4 atom stereocenters. The van der Waals surface area contributed by atoms with Gasteiger partial charge in [0.05, 0.1) is 18.6 Å². The number of Topliss-reactive ketones (excluding diaryl/α,β-unsaturated/α-hetero) is 1. The fraction of sp³-hybridized carbons (Fsp3) is 0.611. The Bertz CT molecular complexity index is 1170. The summed E-state index contributed by atoms with van der Waals surface area (Å²) >= 11 is 1.59. The van der Waals surface area contributed by atoms with E-state index in [1.165, 1.54) is 25.5 Å². The summed E-state index contributed by atoms with van der Waals surface area (Å²) in [5, 5.41) is 11.2. The number of unbranched alkanes of at least 4 members (excludes halogenated alkanes) is 1. The van der Waals surface area contributed by atoms with Gasteiger partial charge in [-0.25, -0.2) is 0 Å². The van der Waals surface area contributed by atoms with Crippen LogP contribution in [-0.4, -0.2) is 50.5 Å². The second kappa shape index (κ2) is 16.8. The average molecular weight is 625 g/mol. The van der Waals surface area contributed by atoms with E-state index in [9.17, 15) is 14.7 Å². The van der Waals surface area contributed by atoms with E-state index in [4.69, 9.17) is 9.16 Å². The third-order valence-corrected chi connectivity index (χ3v) is 10.6. The van der Waals surface area contributed by atoms with Gasteiger partial charge in [0.1, 0.15) is 6.10 Å². The summed E-state index contributed by atoms with van der Waals surface area (Å²) in [7, 11) is -0.0254. The van der Waals surface area contributed by atoms with Crippen molar-refractivity contribution in [3.05, 3.63) is 59.0 Å². The molecule has 2 aliphatic carbocycles. The molecule has 1 aromatic rings. The molecule has 43 heavy (non-hydrogen) atoms. The van der Waals surface area contributed by atoms with Gasteiger partial charge in [-0.1, -0.05) is 88.1 Å². The molecule has 7 heteroatoms. The molecule has 4 unspecified atom stereocenters. The lowest BCUT2D eigenvalue weighted by Crippen LogP contribution is -2.51. The highest BCUT2D eigenvalue weighted by Crippen LogP contribution is 2.49. The highest BCUT2D eigenvalue weighted by atomic mass is 32.2. The lowest BCUT2D eigenvalue weighted by molar-refractivity contribution is -0.140. The Balaban J connectivity index is 1.84. The smallest absolute Gasteiger partial charge is 0.305 e. The van der Waals surface area contributed by atoms with E-state index in [0.29, 0.717) is 18.8 Å². The van der Waals surface area contributed by atoms with Gasteiger partial charge in [-0.05, 0) is 67.8 Å². The van der Waals surface area contributed by atoms with Crippen LogP contribution in [0.4, 0.5) is 0 Å². The Morgan fingerprint density at radius 1 is 1.16 bits per heavy atom. The Hall–Kier alpha value is -2.11. The predicted octanol–water partition coefficient (Wildman–Crippen LogP) is 7.29. The topological polar surface area (TPSA) is 72.8 Å². The average Bonchev–Trinajstić information content (AvgIpc) is 3.61. The molecule has 0 aromatic heterocycles. The molecule has 2 aliphatic rings. The van der Waals surface area contributed by atoms with Crippen molar-refractivity contribution in [2.45, 2.75) is 103 Å². The molecule has 0 aliphatic heterocycles. The molecule has 1 N–H and O–H groups in total. The molecule has 0 saturated heterocycles. The minimum atomic E-state index is -1.40. The summed E-state index contributed by atoms with van der Waals surface area (Å²) < 4.78 is 11.6. The first-order valence-corrected chi connectivity index (χ1v) is 19.8. The van der Waals surface area contributed by atoms with Crippen LogP contribution in [0.2, 0.25) is 13.1 Å². The fourth-order valence-electron chi connectivity index (χ4n) is 6.45. The van der Waals surface area contributed by atoms with Crippen molar-refractivity contribution in [2.24, 2.45) is 23.2 Å². The number of allylic oxidation sites excluding steroid dienone is 3. The van der Waals surface area contributed by atoms with Crippen LogP contribution in [0, 0.1) is 35.0 Å². The first-order chi connectivity index (χ1) is 20.5. The van der Waals surface area contributed by atoms with Crippen LogP contribution >= 0.6 is 11.8 Å². The van der Waals surface area contributed by atoms with Crippen LogP contribution < -0.4 is 0 Å². The lowest BCUT2D eigenvalue weighted by Gasteiger charge is -2.49. The van der Waals surface area contributed by atoms with Crippen LogP contribution in [0.3, 0.4) is 0 Å². The second-order valence-corrected chi connectivity index (χ2v) is 16.7. The number of hydrogen-bond donors (Lipinski definition) is 1. The van der Waals surface area contributed by atoms with Crippen LogP contribution in [0.25, 0.3) is 0 Å². The highest BCUT2D eigenvalue weighted by Gasteiger charge is 2.49. The largest absolute Gasteiger partial charge is 0.469 e. The Morgan fingerprint density at radius 2 is 1.86 bits per heavy atom. The maximum absolute atomic E-state index is 13.8. The summed E-state index contributed by atoms with van der Waals surface area (Å²) in [6.07, 6.45) is 13.3. The first-order valence-electron chi connectivity index (χ1n) is 16.0. The summed E-state index contributed by atoms with van der Waals surface area (Å²) in [5.41, 5.74) is 0.761. The number of ketones is 1. The van der Waals surface area contributed by atoms with Crippen molar-refractivity contribution in [3.63, 3.8) is 0 Å². The van der Waals surface area contributed by atoms with Gasteiger partial charge < -0.3 is 14.3 Å². The summed E-state index contributed by atoms with van der Waals surface area (Å²) in [6.45, 7) is 11.3. The van der Waals surface area contributed by atoms with Crippen molar-refractivity contribution < 1.29 is 23.9 Å². The Labute approximate surface area is 266 Å². The maximum atomic E-state index is 13.8. The minimum absolute atomic E-state index is 0.0305. The number of carbonyl (C=O) groups is 2. The van der Waals surface area contributed by atoms with Crippen LogP contribution in [-0.2, 0) is 25.2 Å². The summed E-state index contributed by atoms with van der Waals surface area (Å²) in [5.74, 6) is 5.99. The number of aryl methyl sites for hydroxylation is 1. The van der Waals surface area contributed by atoms with E-state index >= 15 is 0 Å². The zero-order chi connectivity index (χ0) is 31.5. The van der Waals surface area contributed by atoms with Gasteiger partial charge in [-0.2, -0.15) is 0 Å². The number of methoxy groups -OCH3 is 1. The molecule has 0 bridgehead atoms. The molecule has 1 aromatic carbocycles. The summed E-state index contributed by atoms with van der Waals surface area (Å²) in [6, 6.07) is 10.4. The van der Waals surface area contributed by atoms with E-state index in [2.05, 4.69) is 82.1 Å². The molecule has 0 spiro atoms. The molecule has 236 valence electrons. The number of rotatable bonds is 14. The summed E-state index contributed by atoms with van der Waals surface area (Å²) in [4.78, 5) is 25.9. The molecule has 0 heterocycles. The number of aliphatic hydroxyl groups is 1.